The minimum absolute atomic E-state index is 0.0939. The average molecular weight is 460 g/mol. The molecule has 1 amide bonds. The Labute approximate surface area is 186 Å². The van der Waals surface area contributed by atoms with Gasteiger partial charge in [0.1, 0.15) is 12.3 Å². The summed E-state index contributed by atoms with van der Waals surface area (Å²) in [6.07, 6.45) is 1.51. The average Bonchev–Trinajstić information content (AvgIpc) is 3.30. The Morgan fingerprint density at radius 2 is 1.81 bits per heavy atom. The summed E-state index contributed by atoms with van der Waals surface area (Å²) < 4.78 is 32.7. The highest BCUT2D eigenvalue weighted by atomic mass is 32.2. The van der Waals surface area contributed by atoms with Crippen molar-refractivity contribution in [3.63, 3.8) is 0 Å². The van der Waals surface area contributed by atoms with Crippen LogP contribution in [0.3, 0.4) is 0 Å². The molecule has 0 radical (unpaired) electrons. The van der Waals surface area contributed by atoms with Gasteiger partial charge in [-0.1, -0.05) is 44.2 Å². The predicted octanol–water partition coefficient (Wildman–Crippen LogP) is 3.86. The third-order valence-electron chi connectivity index (χ3n) is 4.71. The smallest absolute Gasteiger partial charge is 0.266 e. The van der Waals surface area contributed by atoms with Gasteiger partial charge in [0.2, 0.25) is 5.91 Å². The van der Waals surface area contributed by atoms with Crippen molar-refractivity contribution >= 4 is 32.4 Å². The fourth-order valence-electron chi connectivity index (χ4n) is 3.11. The second kappa shape index (κ2) is 9.93. The lowest BCUT2D eigenvalue weighted by Gasteiger charge is -2.26. The fourth-order valence-corrected chi connectivity index (χ4v) is 5.38. The molecule has 1 N–H and O–H groups in total. The SMILES string of the molecule is COc1ccc(C(NC(=O)CN(c2nccs2)S(=O)(=O)c2ccccc2)C(C)C)cc1. The number of anilines is 1. The van der Waals surface area contributed by atoms with Crippen LogP contribution < -0.4 is 14.4 Å². The summed E-state index contributed by atoms with van der Waals surface area (Å²) in [6, 6.07) is 15.2. The molecular weight excluding hydrogens is 434 g/mol. The van der Waals surface area contributed by atoms with Crippen molar-refractivity contribution < 1.29 is 17.9 Å². The summed E-state index contributed by atoms with van der Waals surface area (Å²) in [5.41, 5.74) is 0.913. The van der Waals surface area contributed by atoms with Gasteiger partial charge in [-0.3, -0.25) is 4.79 Å². The molecule has 3 aromatic rings. The second-order valence-corrected chi connectivity index (χ2v) is 9.94. The number of carbonyl (C=O) groups excluding carboxylic acids is 1. The molecule has 0 aliphatic carbocycles. The highest BCUT2D eigenvalue weighted by molar-refractivity contribution is 7.93. The van der Waals surface area contributed by atoms with Crippen molar-refractivity contribution in [1.82, 2.24) is 10.3 Å². The maximum absolute atomic E-state index is 13.2. The highest BCUT2D eigenvalue weighted by Crippen LogP contribution is 2.27. The van der Waals surface area contributed by atoms with Crippen molar-refractivity contribution in [3.8, 4) is 5.75 Å². The van der Waals surface area contributed by atoms with E-state index in [1.54, 1.807) is 30.7 Å². The molecule has 1 unspecified atom stereocenters. The fraction of sp³-hybridized carbons (Fsp3) is 0.273. The zero-order chi connectivity index (χ0) is 22.4. The van der Waals surface area contributed by atoms with Gasteiger partial charge in [0.15, 0.2) is 5.13 Å². The normalized spacial score (nSPS) is 12.4. The van der Waals surface area contributed by atoms with Crippen LogP contribution in [-0.2, 0) is 14.8 Å². The molecule has 7 nitrogen and oxygen atoms in total. The van der Waals surface area contributed by atoms with Gasteiger partial charge < -0.3 is 10.1 Å². The summed E-state index contributed by atoms with van der Waals surface area (Å²) in [5, 5.41) is 4.89. The van der Waals surface area contributed by atoms with Crippen LogP contribution in [0.1, 0.15) is 25.5 Å². The van der Waals surface area contributed by atoms with Crippen LogP contribution >= 0.6 is 11.3 Å². The molecule has 0 saturated heterocycles. The largest absolute Gasteiger partial charge is 0.497 e. The van der Waals surface area contributed by atoms with Gasteiger partial charge >= 0.3 is 0 Å². The van der Waals surface area contributed by atoms with E-state index in [4.69, 9.17) is 4.74 Å². The highest BCUT2D eigenvalue weighted by Gasteiger charge is 2.30. The Balaban J connectivity index is 1.84. The van der Waals surface area contributed by atoms with E-state index >= 15 is 0 Å². The van der Waals surface area contributed by atoms with Gasteiger partial charge in [0, 0.05) is 11.6 Å². The molecule has 0 fully saturated rings. The van der Waals surface area contributed by atoms with E-state index in [0.717, 1.165) is 27.0 Å². The number of ether oxygens (including phenoxy) is 1. The Hall–Kier alpha value is -2.91. The Morgan fingerprint density at radius 3 is 2.35 bits per heavy atom. The Morgan fingerprint density at radius 1 is 1.13 bits per heavy atom. The van der Waals surface area contributed by atoms with E-state index in [0.29, 0.717) is 0 Å². The number of aromatic nitrogens is 1. The Bertz CT molecular complexity index is 1080. The summed E-state index contributed by atoms with van der Waals surface area (Å²) in [6.45, 7) is 3.62. The van der Waals surface area contributed by atoms with Crippen molar-refractivity contribution in [2.75, 3.05) is 18.0 Å². The number of sulfonamides is 1. The molecule has 0 spiro atoms. The quantitative estimate of drug-likeness (QED) is 0.525. The molecule has 2 aromatic carbocycles. The summed E-state index contributed by atoms with van der Waals surface area (Å²) in [5.74, 6) is 0.405. The first-order valence-electron chi connectivity index (χ1n) is 9.73. The van der Waals surface area contributed by atoms with Crippen molar-refractivity contribution in [3.05, 3.63) is 71.7 Å². The first kappa shape index (κ1) is 22.8. The lowest BCUT2D eigenvalue weighted by molar-refractivity contribution is -0.120. The predicted molar refractivity (Wildman–Crippen MR) is 122 cm³/mol. The van der Waals surface area contributed by atoms with E-state index in [1.165, 1.54) is 18.3 Å². The number of methoxy groups -OCH3 is 1. The number of thiazole rings is 1. The van der Waals surface area contributed by atoms with Gasteiger partial charge in [-0.2, -0.15) is 0 Å². The third kappa shape index (κ3) is 5.42. The number of hydrogen-bond donors (Lipinski definition) is 1. The van der Waals surface area contributed by atoms with E-state index in [9.17, 15) is 13.2 Å². The first-order chi connectivity index (χ1) is 14.8. The van der Waals surface area contributed by atoms with E-state index in [-0.39, 0.29) is 28.5 Å². The molecular formula is C22H25N3O4S2. The lowest BCUT2D eigenvalue weighted by atomic mass is 9.96. The molecule has 0 aliphatic heterocycles. The van der Waals surface area contributed by atoms with Crippen LogP contribution in [0.4, 0.5) is 5.13 Å². The number of nitrogens with zero attached hydrogens (tertiary/aromatic N) is 2. The molecule has 164 valence electrons. The monoisotopic (exact) mass is 459 g/mol. The van der Waals surface area contributed by atoms with Crippen LogP contribution in [0.25, 0.3) is 0 Å². The zero-order valence-electron chi connectivity index (χ0n) is 17.6. The van der Waals surface area contributed by atoms with Crippen LogP contribution in [0.5, 0.6) is 5.75 Å². The van der Waals surface area contributed by atoms with Crippen molar-refractivity contribution in [2.45, 2.75) is 24.8 Å². The van der Waals surface area contributed by atoms with Crippen LogP contribution in [-0.4, -0.2) is 33.0 Å². The molecule has 1 aromatic heterocycles. The van der Waals surface area contributed by atoms with Gasteiger partial charge in [0.25, 0.3) is 10.0 Å². The molecule has 0 aliphatic rings. The molecule has 0 bridgehead atoms. The van der Waals surface area contributed by atoms with Crippen LogP contribution in [0.2, 0.25) is 0 Å². The molecule has 1 heterocycles. The summed E-state index contributed by atoms with van der Waals surface area (Å²) in [7, 11) is -2.35. The van der Waals surface area contributed by atoms with Crippen LogP contribution in [0, 0.1) is 5.92 Å². The molecule has 0 saturated carbocycles. The second-order valence-electron chi connectivity index (χ2n) is 7.20. The maximum Gasteiger partial charge on any atom is 0.266 e. The minimum atomic E-state index is -3.94. The van der Waals surface area contributed by atoms with E-state index < -0.39 is 15.9 Å². The van der Waals surface area contributed by atoms with Gasteiger partial charge in [-0.05, 0) is 35.7 Å². The number of nitrogens with one attached hydrogen (secondary N) is 1. The topological polar surface area (TPSA) is 88.6 Å². The summed E-state index contributed by atoms with van der Waals surface area (Å²) in [4.78, 5) is 17.2. The van der Waals surface area contributed by atoms with Gasteiger partial charge in [0.05, 0.1) is 18.0 Å². The lowest BCUT2D eigenvalue weighted by Crippen LogP contribution is -2.43. The van der Waals surface area contributed by atoms with E-state index in [1.807, 2.05) is 38.1 Å². The molecule has 3 rings (SSSR count). The van der Waals surface area contributed by atoms with Crippen molar-refractivity contribution in [1.29, 1.82) is 0 Å². The molecule has 31 heavy (non-hydrogen) atoms. The first-order valence-corrected chi connectivity index (χ1v) is 12.1. The number of amides is 1. The van der Waals surface area contributed by atoms with Crippen LogP contribution in [0.15, 0.2) is 71.1 Å². The Kier molecular flexibility index (Phi) is 7.29. The van der Waals surface area contributed by atoms with Gasteiger partial charge in [-0.15, -0.1) is 11.3 Å². The zero-order valence-corrected chi connectivity index (χ0v) is 19.2. The van der Waals surface area contributed by atoms with Gasteiger partial charge in [-0.25, -0.2) is 17.7 Å². The molecule has 1 atom stereocenters. The third-order valence-corrected chi connectivity index (χ3v) is 7.37. The minimum Gasteiger partial charge on any atom is -0.497 e. The number of rotatable bonds is 9. The molecule has 9 heteroatoms. The van der Waals surface area contributed by atoms with Crippen molar-refractivity contribution in [2.24, 2.45) is 5.92 Å². The number of benzene rings is 2. The maximum atomic E-state index is 13.2. The summed E-state index contributed by atoms with van der Waals surface area (Å²) >= 11 is 1.16. The van der Waals surface area contributed by atoms with E-state index in [2.05, 4.69) is 10.3 Å². The number of carbonyl (C=O) groups is 1. The number of hydrogen-bond acceptors (Lipinski definition) is 6. The standard InChI is InChI=1S/C22H25N3O4S2/c1-16(2)21(17-9-11-18(29-3)12-10-17)24-20(26)15-25(22-23-13-14-30-22)31(27,28)19-7-5-4-6-8-19/h4-14,16,21H,15H2,1-3H3,(H,24,26).